The van der Waals surface area contributed by atoms with E-state index in [1.807, 2.05) is 6.92 Å². The largest absolute Gasteiger partial charge is 0.493 e. The predicted molar refractivity (Wildman–Crippen MR) is 102 cm³/mol. The molecule has 2 rings (SSSR count). The normalized spacial score (nSPS) is 16.8. The van der Waals surface area contributed by atoms with Crippen LogP contribution in [0.15, 0.2) is 18.2 Å². The van der Waals surface area contributed by atoms with Gasteiger partial charge in [0.15, 0.2) is 11.5 Å². The van der Waals surface area contributed by atoms with E-state index in [1.165, 1.54) is 14.0 Å². The number of nitrogens with one attached hydrogen (secondary N) is 1. The van der Waals surface area contributed by atoms with Crippen molar-refractivity contribution < 1.29 is 26.9 Å². The summed E-state index contributed by atoms with van der Waals surface area (Å²) >= 11 is 0. The molecular weight excluding hydrogens is 372 g/mol. The number of carbonyl (C=O) groups is 1. The number of amides is 2. The summed E-state index contributed by atoms with van der Waals surface area (Å²) in [5.74, 6) is 0.286. The molecule has 0 aliphatic carbocycles. The molecule has 1 atom stereocenters. The van der Waals surface area contributed by atoms with Crippen molar-refractivity contribution in [2.75, 3.05) is 32.6 Å². The average Bonchev–Trinajstić information content (AvgIpc) is 3.14. The van der Waals surface area contributed by atoms with E-state index in [-0.39, 0.29) is 23.6 Å². The number of ether oxygens (including phenoxy) is 2. The predicted octanol–water partition coefficient (Wildman–Crippen LogP) is 2.13. The maximum atomic E-state index is 12.4. The minimum atomic E-state index is -3.69. The van der Waals surface area contributed by atoms with Gasteiger partial charge in [-0.3, -0.25) is 0 Å². The summed E-state index contributed by atoms with van der Waals surface area (Å²) < 4.78 is 39.6. The van der Waals surface area contributed by atoms with Gasteiger partial charge in [0.25, 0.3) is 0 Å². The van der Waals surface area contributed by atoms with Gasteiger partial charge in [-0.1, -0.05) is 6.07 Å². The highest BCUT2D eigenvalue weighted by Gasteiger charge is 2.23. The molecule has 1 aromatic rings. The Morgan fingerprint density at radius 3 is 2.70 bits per heavy atom. The smallest absolute Gasteiger partial charge is 0.317 e. The molecule has 0 spiro atoms. The fraction of sp³-hybridized carbons (Fsp3) is 0.611. The zero-order valence-corrected chi connectivity index (χ0v) is 16.9. The Kier molecular flexibility index (Phi) is 7.73. The van der Waals surface area contributed by atoms with Crippen molar-refractivity contribution in [3.63, 3.8) is 0 Å². The van der Waals surface area contributed by atoms with Crippen LogP contribution in [0, 0.1) is 0 Å². The summed E-state index contributed by atoms with van der Waals surface area (Å²) in [7, 11) is -2.24. The van der Waals surface area contributed by atoms with Crippen molar-refractivity contribution in [2.24, 2.45) is 0 Å². The van der Waals surface area contributed by atoms with Crippen molar-refractivity contribution >= 4 is 16.1 Å². The lowest BCUT2D eigenvalue weighted by molar-refractivity contribution is 0.0795. The molecule has 1 N–H and O–H groups in total. The highest BCUT2D eigenvalue weighted by molar-refractivity contribution is 7.87. The van der Waals surface area contributed by atoms with Crippen LogP contribution in [0.4, 0.5) is 4.79 Å². The Morgan fingerprint density at radius 2 is 2.11 bits per heavy atom. The molecule has 1 saturated heterocycles. The van der Waals surface area contributed by atoms with Gasteiger partial charge in [-0.2, -0.15) is 8.42 Å². The Balaban J connectivity index is 2.21. The highest BCUT2D eigenvalue weighted by atomic mass is 32.2. The fourth-order valence-electron chi connectivity index (χ4n) is 2.82. The van der Waals surface area contributed by atoms with Crippen LogP contribution in [0.2, 0.25) is 0 Å². The molecule has 1 unspecified atom stereocenters. The molecule has 2 amide bonds. The lowest BCUT2D eigenvalue weighted by Crippen LogP contribution is -2.43. The summed E-state index contributed by atoms with van der Waals surface area (Å²) in [5, 5.41) is 2.80. The van der Waals surface area contributed by atoms with Crippen molar-refractivity contribution in [1.29, 1.82) is 0 Å². The van der Waals surface area contributed by atoms with E-state index in [1.54, 1.807) is 23.1 Å². The molecule has 0 radical (unpaired) electrons. The van der Waals surface area contributed by atoms with Crippen LogP contribution >= 0.6 is 0 Å². The standard InChI is InChI=1S/C18H28N2O6S/c1-4-19-18(21)20(13-15-7-6-10-25-15)12-14-8-9-16(24-3)17(11-14)26-27(22,23)5-2/h8-9,11,15H,4-7,10,12-13H2,1-3H3,(H,19,21). The Labute approximate surface area is 160 Å². The maximum Gasteiger partial charge on any atom is 0.317 e. The van der Waals surface area contributed by atoms with Gasteiger partial charge in [0, 0.05) is 26.2 Å². The summed E-state index contributed by atoms with van der Waals surface area (Å²) in [5.41, 5.74) is 0.737. The van der Waals surface area contributed by atoms with Gasteiger partial charge in [0.05, 0.1) is 19.0 Å². The quantitative estimate of drug-likeness (QED) is 0.638. The molecular formula is C18H28N2O6S. The SMILES string of the molecule is CCNC(=O)N(Cc1ccc(OC)c(OS(=O)(=O)CC)c1)CC1CCCO1. The summed E-state index contributed by atoms with van der Waals surface area (Å²) in [6.45, 7) is 5.37. The van der Waals surface area contributed by atoms with Crippen LogP contribution in [0.5, 0.6) is 11.5 Å². The van der Waals surface area contributed by atoms with Crippen LogP contribution in [0.3, 0.4) is 0 Å². The number of carbonyl (C=O) groups excluding carboxylic acids is 1. The Hall–Kier alpha value is -2.00. The third kappa shape index (κ3) is 6.28. The highest BCUT2D eigenvalue weighted by Crippen LogP contribution is 2.30. The molecule has 8 nitrogen and oxygen atoms in total. The first-order valence-electron chi connectivity index (χ1n) is 9.12. The van der Waals surface area contributed by atoms with Crippen LogP contribution in [-0.4, -0.2) is 58.0 Å². The van der Waals surface area contributed by atoms with Gasteiger partial charge >= 0.3 is 16.1 Å². The molecule has 1 aliphatic heterocycles. The molecule has 1 aromatic carbocycles. The van der Waals surface area contributed by atoms with Gasteiger partial charge < -0.3 is 23.9 Å². The first-order chi connectivity index (χ1) is 12.9. The third-order valence-corrected chi connectivity index (χ3v) is 5.38. The molecule has 152 valence electrons. The number of benzene rings is 1. The lowest BCUT2D eigenvalue weighted by atomic mass is 10.1. The van der Waals surface area contributed by atoms with Crippen LogP contribution in [0.1, 0.15) is 32.3 Å². The number of methoxy groups -OCH3 is 1. The lowest BCUT2D eigenvalue weighted by Gasteiger charge is -2.26. The zero-order valence-electron chi connectivity index (χ0n) is 16.1. The molecule has 0 bridgehead atoms. The third-order valence-electron chi connectivity index (χ3n) is 4.24. The molecule has 1 heterocycles. The van der Waals surface area contributed by atoms with E-state index in [9.17, 15) is 13.2 Å². The first kappa shape index (κ1) is 21.3. The second kappa shape index (κ2) is 9.80. The van der Waals surface area contributed by atoms with E-state index < -0.39 is 10.1 Å². The van der Waals surface area contributed by atoms with Crippen LogP contribution in [0.25, 0.3) is 0 Å². The van der Waals surface area contributed by atoms with Crippen LogP contribution in [-0.2, 0) is 21.4 Å². The van der Waals surface area contributed by atoms with E-state index in [2.05, 4.69) is 5.32 Å². The Bertz CT molecular complexity index is 731. The van der Waals surface area contributed by atoms with Gasteiger partial charge in [-0.25, -0.2) is 4.79 Å². The van der Waals surface area contributed by atoms with Crippen molar-refractivity contribution in [3.05, 3.63) is 23.8 Å². The van der Waals surface area contributed by atoms with Gasteiger partial charge in [0.1, 0.15) is 0 Å². The molecule has 9 heteroatoms. The van der Waals surface area contributed by atoms with Crippen LogP contribution < -0.4 is 14.2 Å². The molecule has 1 fully saturated rings. The number of nitrogens with zero attached hydrogens (tertiary/aromatic N) is 1. The van der Waals surface area contributed by atoms with Gasteiger partial charge in [-0.05, 0) is 44.4 Å². The molecule has 1 aliphatic rings. The number of urea groups is 1. The zero-order chi connectivity index (χ0) is 19.9. The summed E-state index contributed by atoms with van der Waals surface area (Å²) in [6.07, 6.45) is 1.92. The minimum Gasteiger partial charge on any atom is -0.493 e. The van der Waals surface area contributed by atoms with Gasteiger partial charge in [0.2, 0.25) is 0 Å². The van der Waals surface area contributed by atoms with E-state index in [4.69, 9.17) is 13.7 Å². The fourth-order valence-corrected chi connectivity index (χ4v) is 3.34. The van der Waals surface area contributed by atoms with Crippen molar-refractivity contribution in [2.45, 2.75) is 39.3 Å². The summed E-state index contributed by atoms with van der Waals surface area (Å²) in [4.78, 5) is 14.1. The average molecular weight is 400 g/mol. The Morgan fingerprint density at radius 1 is 1.33 bits per heavy atom. The second-order valence-corrected chi connectivity index (χ2v) is 8.13. The van der Waals surface area contributed by atoms with E-state index in [0.717, 1.165) is 18.4 Å². The minimum absolute atomic E-state index is 0.0158. The van der Waals surface area contributed by atoms with E-state index in [0.29, 0.717) is 32.0 Å². The number of hydrogen-bond donors (Lipinski definition) is 1. The second-order valence-electron chi connectivity index (χ2n) is 6.27. The first-order valence-corrected chi connectivity index (χ1v) is 10.7. The summed E-state index contributed by atoms with van der Waals surface area (Å²) in [6, 6.07) is 4.82. The van der Waals surface area contributed by atoms with Crippen molar-refractivity contribution in [1.82, 2.24) is 10.2 Å². The maximum absolute atomic E-state index is 12.4. The van der Waals surface area contributed by atoms with E-state index >= 15 is 0 Å². The molecule has 0 saturated carbocycles. The van der Waals surface area contributed by atoms with Gasteiger partial charge in [-0.15, -0.1) is 0 Å². The van der Waals surface area contributed by atoms with Crippen molar-refractivity contribution in [3.8, 4) is 11.5 Å². The molecule has 0 aromatic heterocycles. The monoisotopic (exact) mass is 400 g/mol. The molecule has 27 heavy (non-hydrogen) atoms. The topological polar surface area (TPSA) is 94.2 Å². The number of hydrogen-bond acceptors (Lipinski definition) is 6. The number of rotatable bonds is 9.